The van der Waals surface area contributed by atoms with Crippen molar-refractivity contribution in [3.8, 4) is 0 Å². The first kappa shape index (κ1) is 29.8. The van der Waals surface area contributed by atoms with Gasteiger partial charge in [-0.3, -0.25) is 14.4 Å². The molecule has 0 saturated carbocycles. The number of aliphatic carboxylic acids is 1. The Balaban J connectivity index is 1.33. The zero-order valence-electron chi connectivity index (χ0n) is 23.7. The number of para-hydroxylation sites is 2. The summed E-state index contributed by atoms with van der Waals surface area (Å²) in [5, 5.41) is 27.2. The van der Waals surface area contributed by atoms with Crippen LogP contribution in [0.5, 0.6) is 0 Å². The molecule has 1 fully saturated rings. The molecule has 2 aromatic heterocycles. The van der Waals surface area contributed by atoms with E-state index in [4.69, 9.17) is 5.73 Å². The maximum Gasteiger partial charge on any atom is 0.326 e. The van der Waals surface area contributed by atoms with E-state index in [9.17, 15) is 29.4 Å². The van der Waals surface area contributed by atoms with Crippen molar-refractivity contribution in [3.05, 3.63) is 72.1 Å². The van der Waals surface area contributed by atoms with Crippen molar-refractivity contribution >= 4 is 45.5 Å². The molecule has 5 rings (SSSR count). The Morgan fingerprint density at radius 3 is 2.09 bits per heavy atom. The number of likely N-dealkylation sites (tertiary alicyclic amines) is 1. The minimum atomic E-state index is -1.41. The van der Waals surface area contributed by atoms with E-state index in [0.29, 0.717) is 12.8 Å². The van der Waals surface area contributed by atoms with Crippen LogP contribution in [0.3, 0.4) is 0 Å². The molecule has 43 heavy (non-hydrogen) atoms. The van der Waals surface area contributed by atoms with E-state index in [2.05, 4.69) is 20.6 Å². The largest absolute Gasteiger partial charge is 0.480 e. The van der Waals surface area contributed by atoms with Crippen LogP contribution < -0.4 is 16.4 Å². The van der Waals surface area contributed by atoms with Gasteiger partial charge in [-0.15, -0.1) is 0 Å². The molecule has 1 aliphatic heterocycles. The summed E-state index contributed by atoms with van der Waals surface area (Å²) in [6.45, 7) is 1.60. The number of hydrogen-bond donors (Lipinski definition) is 7. The number of carbonyl (C=O) groups is 4. The average Bonchev–Trinajstić information content (AvgIpc) is 3.74. The standard InChI is InChI=1S/C31H36N6O6/c1-17(38)27(36-28(39)22(32)13-18-15-33-23-9-4-2-7-20(18)23)29(40)35-25(30(41)37-12-6-11-26(37)31(42)43)14-19-16-34-24-10-5-3-8-21(19)24/h2-5,7-10,15-17,22,25-27,33-34,38H,6,11-14,32H2,1H3,(H,35,40)(H,36,39)(H,42,43). The number of rotatable bonds is 11. The molecule has 0 aliphatic carbocycles. The number of carboxylic acids is 1. The molecule has 12 heteroatoms. The first-order chi connectivity index (χ1) is 20.6. The molecule has 5 unspecified atom stereocenters. The normalized spacial score (nSPS) is 17.8. The first-order valence-electron chi connectivity index (χ1n) is 14.3. The lowest BCUT2D eigenvalue weighted by atomic mass is 10.0. The molecular formula is C31H36N6O6. The van der Waals surface area contributed by atoms with Crippen molar-refractivity contribution in [1.82, 2.24) is 25.5 Å². The first-order valence-corrected chi connectivity index (χ1v) is 14.3. The van der Waals surface area contributed by atoms with Gasteiger partial charge in [0.05, 0.1) is 12.1 Å². The second kappa shape index (κ2) is 12.7. The molecule has 1 saturated heterocycles. The van der Waals surface area contributed by atoms with Crippen LogP contribution in [-0.2, 0) is 32.0 Å². The molecule has 2 aromatic carbocycles. The summed E-state index contributed by atoms with van der Waals surface area (Å²) in [4.78, 5) is 59.8. The Kier molecular flexibility index (Phi) is 8.78. The van der Waals surface area contributed by atoms with Crippen LogP contribution in [0.25, 0.3) is 21.8 Å². The summed E-state index contributed by atoms with van der Waals surface area (Å²) in [5.41, 5.74) is 9.54. The maximum absolute atomic E-state index is 13.7. The lowest BCUT2D eigenvalue weighted by Crippen LogP contribution is -2.60. The molecule has 0 bridgehead atoms. The van der Waals surface area contributed by atoms with Crippen molar-refractivity contribution in [2.45, 2.75) is 62.9 Å². The van der Waals surface area contributed by atoms with Crippen molar-refractivity contribution < 1.29 is 29.4 Å². The van der Waals surface area contributed by atoms with Gasteiger partial charge in [-0.1, -0.05) is 36.4 Å². The van der Waals surface area contributed by atoms with E-state index in [1.165, 1.54) is 11.8 Å². The Hall–Kier alpha value is -4.68. The number of H-pyrrole nitrogens is 2. The van der Waals surface area contributed by atoms with E-state index in [-0.39, 0.29) is 19.4 Å². The number of fused-ring (bicyclic) bond motifs is 2. The van der Waals surface area contributed by atoms with Gasteiger partial charge in [-0.05, 0) is 49.4 Å². The van der Waals surface area contributed by atoms with Crippen molar-refractivity contribution in [2.75, 3.05) is 6.54 Å². The van der Waals surface area contributed by atoms with Crippen molar-refractivity contribution in [3.63, 3.8) is 0 Å². The number of nitrogens with zero attached hydrogens (tertiary/aromatic N) is 1. The number of carbonyl (C=O) groups excluding carboxylic acids is 3. The minimum Gasteiger partial charge on any atom is -0.480 e. The summed E-state index contributed by atoms with van der Waals surface area (Å²) in [6, 6.07) is 10.5. The minimum absolute atomic E-state index is 0.0674. The number of aromatic amines is 2. The molecule has 5 atom stereocenters. The van der Waals surface area contributed by atoms with Gasteiger partial charge in [-0.25, -0.2) is 4.79 Å². The third kappa shape index (κ3) is 6.40. The van der Waals surface area contributed by atoms with E-state index in [0.717, 1.165) is 32.9 Å². The maximum atomic E-state index is 13.7. The number of nitrogens with two attached hydrogens (primary N) is 1. The number of aromatic nitrogens is 2. The van der Waals surface area contributed by atoms with Gasteiger partial charge in [0, 0.05) is 47.2 Å². The number of amides is 3. The SMILES string of the molecule is CC(O)C(NC(=O)C(N)Cc1c[nH]c2ccccc12)C(=O)NC(Cc1c[nH]c2ccccc12)C(=O)N1CCCC1C(=O)O. The van der Waals surface area contributed by atoms with Gasteiger partial charge < -0.3 is 41.4 Å². The predicted molar refractivity (Wildman–Crippen MR) is 160 cm³/mol. The Labute approximate surface area is 247 Å². The molecule has 8 N–H and O–H groups in total. The van der Waals surface area contributed by atoms with Crippen LogP contribution in [0.15, 0.2) is 60.9 Å². The molecule has 0 radical (unpaired) electrons. The third-order valence-corrected chi connectivity index (χ3v) is 8.05. The highest BCUT2D eigenvalue weighted by Crippen LogP contribution is 2.23. The van der Waals surface area contributed by atoms with Gasteiger partial charge in [0.2, 0.25) is 17.7 Å². The lowest BCUT2D eigenvalue weighted by Gasteiger charge is -2.29. The monoisotopic (exact) mass is 588 g/mol. The Morgan fingerprint density at radius 1 is 0.930 bits per heavy atom. The topological polar surface area (TPSA) is 194 Å². The number of nitrogens with one attached hydrogen (secondary N) is 4. The van der Waals surface area contributed by atoms with Crippen LogP contribution >= 0.6 is 0 Å². The number of aliphatic hydroxyl groups excluding tert-OH is 1. The number of benzene rings is 2. The number of carboxylic acid groups (broad SMARTS) is 1. The third-order valence-electron chi connectivity index (χ3n) is 8.05. The predicted octanol–water partition coefficient (Wildman–Crippen LogP) is 1.19. The van der Waals surface area contributed by atoms with Gasteiger partial charge in [0.15, 0.2) is 0 Å². The second-order valence-electron chi connectivity index (χ2n) is 11.0. The molecule has 3 heterocycles. The highest BCUT2D eigenvalue weighted by atomic mass is 16.4. The lowest BCUT2D eigenvalue weighted by molar-refractivity contribution is -0.149. The van der Waals surface area contributed by atoms with E-state index in [1.54, 1.807) is 12.4 Å². The highest BCUT2D eigenvalue weighted by molar-refractivity contribution is 5.95. The summed E-state index contributed by atoms with van der Waals surface area (Å²) >= 11 is 0. The van der Waals surface area contributed by atoms with Crippen molar-refractivity contribution in [1.29, 1.82) is 0 Å². The smallest absolute Gasteiger partial charge is 0.326 e. The summed E-state index contributed by atoms with van der Waals surface area (Å²) in [5.74, 6) is -3.08. The molecule has 3 amide bonds. The van der Waals surface area contributed by atoms with E-state index < -0.39 is 54.0 Å². The Morgan fingerprint density at radius 2 is 1.51 bits per heavy atom. The molecule has 1 aliphatic rings. The van der Waals surface area contributed by atoms with Crippen LogP contribution in [0.1, 0.15) is 30.9 Å². The number of aliphatic hydroxyl groups is 1. The molecule has 0 spiro atoms. The zero-order chi connectivity index (χ0) is 30.7. The Bertz CT molecular complexity index is 1640. The quantitative estimate of drug-likeness (QED) is 0.137. The summed E-state index contributed by atoms with van der Waals surface area (Å²) in [6.07, 6.45) is 3.31. The molecule has 4 aromatic rings. The average molecular weight is 589 g/mol. The molecule has 12 nitrogen and oxygen atoms in total. The van der Waals surface area contributed by atoms with Gasteiger partial charge in [-0.2, -0.15) is 0 Å². The molecular weight excluding hydrogens is 552 g/mol. The zero-order valence-corrected chi connectivity index (χ0v) is 23.7. The summed E-state index contributed by atoms with van der Waals surface area (Å²) in [7, 11) is 0. The summed E-state index contributed by atoms with van der Waals surface area (Å²) < 4.78 is 0. The molecule has 226 valence electrons. The van der Waals surface area contributed by atoms with Gasteiger partial charge in [0.1, 0.15) is 18.1 Å². The van der Waals surface area contributed by atoms with Crippen LogP contribution in [0, 0.1) is 0 Å². The fraction of sp³-hybridized carbons (Fsp3) is 0.355. The number of hydrogen-bond acceptors (Lipinski definition) is 6. The second-order valence-corrected chi connectivity index (χ2v) is 11.0. The van der Waals surface area contributed by atoms with E-state index in [1.807, 2.05) is 48.5 Å². The fourth-order valence-corrected chi connectivity index (χ4v) is 5.77. The highest BCUT2D eigenvalue weighted by Gasteiger charge is 2.39. The van der Waals surface area contributed by atoms with Gasteiger partial charge in [0.25, 0.3) is 0 Å². The fourth-order valence-electron chi connectivity index (χ4n) is 5.77. The van der Waals surface area contributed by atoms with Crippen LogP contribution in [-0.4, -0.2) is 85.6 Å². The van der Waals surface area contributed by atoms with E-state index >= 15 is 0 Å². The van der Waals surface area contributed by atoms with Crippen LogP contribution in [0.4, 0.5) is 0 Å². The van der Waals surface area contributed by atoms with Crippen LogP contribution in [0.2, 0.25) is 0 Å². The van der Waals surface area contributed by atoms with Gasteiger partial charge >= 0.3 is 5.97 Å². The van der Waals surface area contributed by atoms with Crippen molar-refractivity contribution in [2.24, 2.45) is 5.73 Å².